The summed E-state index contributed by atoms with van der Waals surface area (Å²) in [5.74, 6) is -0.458. The highest BCUT2D eigenvalue weighted by Crippen LogP contribution is 2.28. The monoisotopic (exact) mass is 426 g/mol. The van der Waals surface area contributed by atoms with E-state index in [4.69, 9.17) is 0 Å². The van der Waals surface area contributed by atoms with Crippen molar-refractivity contribution >= 4 is 15.9 Å². The van der Waals surface area contributed by atoms with Crippen LogP contribution in [0.4, 0.5) is 8.78 Å². The van der Waals surface area contributed by atoms with E-state index in [2.05, 4.69) is 14.8 Å². The molecule has 0 radical (unpaired) electrons. The van der Waals surface area contributed by atoms with Crippen LogP contribution in [0.15, 0.2) is 53.4 Å². The summed E-state index contributed by atoms with van der Waals surface area (Å²) in [6, 6.07) is 10.9. The van der Waals surface area contributed by atoms with Gasteiger partial charge in [0.15, 0.2) is 0 Å². The van der Waals surface area contributed by atoms with Crippen molar-refractivity contribution in [2.75, 3.05) is 0 Å². The van der Waals surface area contributed by atoms with E-state index in [0.717, 1.165) is 0 Å². The molecule has 0 fully saturated rings. The van der Waals surface area contributed by atoms with Crippen LogP contribution in [0.2, 0.25) is 0 Å². The fourth-order valence-electron chi connectivity index (χ4n) is 2.78. The molecule has 9 heteroatoms. The Hall–Kier alpha value is -2.52. The van der Waals surface area contributed by atoms with Crippen molar-refractivity contribution in [2.45, 2.75) is 50.8 Å². The number of benzene rings is 2. The molecule has 2 rings (SSSR count). The van der Waals surface area contributed by atoms with Gasteiger partial charge >= 0.3 is 6.61 Å². The van der Waals surface area contributed by atoms with Crippen molar-refractivity contribution in [3.05, 3.63) is 59.7 Å². The van der Waals surface area contributed by atoms with Gasteiger partial charge in [0.1, 0.15) is 5.75 Å². The average Bonchev–Trinajstić information content (AvgIpc) is 2.65. The molecule has 0 heterocycles. The molecule has 1 amide bonds. The second kappa shape index (κ2) is 9.80. The van der Waals surface area contributed by atoms with E-state index >= 15 is 0 Å². The first-order chi connectivity index (χ1) is 13.6. The topological polar surface area (TPSA) is 84.5 Å². The third-order valence-electron chi connectivity index (χ3n) is 4.04. The lowest BCUT2D eigenvalue weighted by molar-refractivity contribution is -0.0506. The third kappa shape index (κ3) is 6.23. The van der Waals surface area contributed by atoms with Crippen LogP contribution in [0.5, 0.6) is 5.75 Å². The van der Waals surface area contributed by atoms with E-state index < -0.39 is 28.6 Å². The average molecular weight is 426 g/mol. The fraction of sp³-hybridized carbons (Fsp3) is 0.350. The SMILES string of the molecule is CCC(NC(=O)c1ccc(S(=O)(=O)NC(C)C)cc1)c1ccccc1OC(F)F. The lowest BCUT2D eigenvalue weighted by atomic mass is 10.0. The summed E-state index contributed by atoms with van der Waals surface area (Å²) in [5.41, 5.74) is 0.684. The van der Waals surface area contributed by atoms with Crippen molar-refractivity contribution in [1.29, 1.82) is 0 Å². The number of carbonyl (C=O) groups is 1. The maximum atomic E-state index is 12.6. The molecular weight excluding hydrogens is 402 g/mol. The Morgan fingerprint density at radius 1 is 1.07 bits per heavy atom. The first-order valence-corrected chi connectivity index (χ1v) is 10.6. The smallest absolute Gasteiger partial charge is 0.387 e. The number of carbonyl (C=O) groups excluding carboxylic acids is 1. The Kier molecular flexibility index (Phi) is 7.69. The summed E-state index contributed by atoms with van der Waals surface area (Å²) in [4.78, 5) is 12.6. The molecule has 6 nitrogen and oxygen atoms in total. The molecule has 1 atom stereocenters. The van der Waals surface area contributed by atoms with Gasteiger partial charge in [0.05, 0.1) is 10.9 Å². The number of hydrogen-bond acceptors (Lipinski definition) is 4. The first-order valence-electron chi connectivity index (χ1n) is 9.11. The summed E-state index contributed by atoms with van der Waals surface area (Å²) >= 11 is 0. The van der Waals surface area contributed by atoms with Crippen LogP contribution in [0.1, 0.15) is 49.2 Å². The molecule has 2 aromatic rings. The zero-order chi connectivity index (χ0) is 21.6. The molecule has 0 aliphatic rings. The highest BCUT2D eigenvalue weighted by atomic mass is 32.2. The molecule has 29 heavy (non-hydrogen) atoms. The molecule has 0 spiro atoms. The molecular formula is C20H24F2N2O4S. The van der Waals surface area contributed by atoms with Crippen LogP contribution in [0, 0.1) is 0 Å². The molecule has 1 unspecified atom stereocenters. The van der Waals surface area contributed by atoms with Crippen molar-refractivity contribution in [3.8, 4) is 5.75 Å². The van der Waals surface area contributed by atoms with Crippen molar-refractivity contribution in [3.63, 3.8) is 0 Å². The maximum absolute atomic E-state index is 12.6. The maximum Gasteiger partial charge on any atom is 0.387 e. The zero-order valence-electron chi connectivity index (χ0n) is 16.4. The van der Waals surface area contributed by atoms with Crippen LogP contribution in [-0.4, -0.2) is 27.0 Å². The van der Waals surface area contributed by atoms with Gasteiger partial charge in [-0.25, -0.2) is 13.1 Å². The fourth-order valence-corrected chi connectivity index (χ4v) is 4.03. The number of sulfonamides is 1. The molecule has 0 aromatic heterocycles. The minimum absolute atomic E-state index is 0.00384. The molecule has 2 aromatic carbocycles. The number of alkyl halides is 2. The minimum Gasteiger partial charge on any atom is -0.434 e. The van der Waals surface area contributed by atoms with E-state index in [1.165, 1.54) is 30.3 Å². The largest absolute Gasteiger partial charge is 0.434 e. The molecule has 0 aliphatic carbocycles. The molecule has 2 N–H and O–H groups in total. The molecule has 0 saturated carbocycles. The van der Waals surface area contributed by atoms with Gasteiger partial charge in [0.25, 0.3) is 5.91 Å². The second-order valence-electron chi connectivity index (χ2n) is 6.65. The van der Waals surface area contributed by atoms with Crippen LogP contribution in [-0.2, 0) is 10.0 Å². The summed E-state index contributed by atoms with van der Waals surface area (Å²) in [6.07, 6.45) is 0.445. The zero-order valence-corrected chi connectivity index (χ0v) is 17.2. The quantitative estimate of drug-likeness (QED) is 0.638. The number of hydrogen-bond donors (Lipinski definition) is 2. The summed E-state index contributed by atoms with van der Waals surface area (Å²) in [5, 5.41) is 2.77. The van der Waals surface area contributed by atoms with E-state index in [0.29, 0.717) is 12.0 Å². The van der Waals surface area contributed by atoms with Gasteiger partial charge in [0, 0.05) is 17.2 Å². The van der Waals surface area contributed by atoms with Gasteiger partial charge in [-0.15, -0.1) is 0 Å². The number of halogens is 2. The lowest BCUT2D eigenvalue weighted by Gasteiger charge is -2.20. The predicted molar refractivity (Wildman–Crippen MR) is 105 cm³/mol. The Labute approximate surface area is 169 Å². The lowest BCUT2D eigenvalue weighted by Crippen LogP contribution is -2.30. The van der Waals surface area contributed by atoms with Crippen LogP contribution in [0.3, 0.4) is 0 Å². The van der Waals surface area contributed by atoms with Crippen molar-refractivity contribution in [1.82, 2.24) is 10.0 Å². The summed E-state index contributed by atoms with van der Waals surface area (Å²) in [6.45, 7) is 2.25. The Balaban J connectivity index is 2.19. The van der Waals surface area contributed by atoms with Gasteiger partial charge < -0.3 is 10.1 Å². The normalized spacial score (nSPS) is 12.8. The molecule has 0 aliphatic heterocycles. The summed E-state index contributed by atoms with van der Waals surface area (Å²) < 4.78 is 56.6. The van der Waals surface area contributed by atoms with E-state index in [1.54, 1.807) is 39.0 Å². The Morgan fingerprint density at radius 2 is 1.69 bits per heavy atom. The second-order valence-corrected chi connectivity index (χ2v) is 8.36. The molecule has 158 valence electrons. The molecule has 0 saturated heterocycles. The standard InChI is InChI=1S/C20H24F2N2O4S/c1-4-17(16-7-5-6-8-18(16)28-20(21)22)23-19(25)14-9-11-15(12-10-14)29(26,27)24-13(2)3/h5-13,17,20,24H,4H2,1-3H3,(H,23,25). The highest BCUT2D eigenvalue weighted by molar-refractivity contribution is 7.89. The van der Waals surface area contributed by atoms with Gasteiger partial charge in [-0.05, 0) is 50.6 Å². The van der Waals surface area contributed by atoms with E-state index in [9.17, 15) is 22.0 Å². The van der Waals surface area contributed by atoms with Gasteiger partial charge in [0.2, 0.25) is 10.0 Å². The number of para-hydroxylation sites is 1. The van der Waals surface area contributed by atoms with Gasteiger partial charge in [-0.2, -0.15) is 8.78 Å². The molecule has 0 bridgehead atoms. The van der Waals surface area contributed by atoms with Crippen molar-refractivity contribution < 1.29 is 26.7 Å². The first kappa shape index (κ1) is 22.8. The van der Waals surface area contributed by atoms with Crippen molar-refractivity contribution in [2.24, 2.45) is 0 Å². The van der Waals surface area contributed by atoms with Gasteiger partial charge in [-0.3, -0.25) is 4.79 Å². The Morgan fingerprint density at radius 3 is 2.24 bits per heavy atom. The highest BCUT2D eigenvalue weighted by Gasteiger charge is 2.20. The van der Waals surface area contributed by atoms with Crippen LogP contribution >= 0.6 is 0 Å². The third-order valence-corrected chi connectivity index (χ3v) is 5.72. The number of rotatable bonds is 9. The number of nitrogens with one attached hydrogen (secondary N) is 2. The van der Waals surface area contributed by atoms with E-state index in [1.807, 2.05) is 0 Å². The minimum atomic E-state index is -3.66. The number of amides is 1. The van der Waals surface area contributed by atoms with Crippen LogP contribution < -0.4 is 14.8 Å². The van der Waals surface area contributed by atoms with Crippen LogP contribution in [0.25, 0.3) is 0 Å². The Bertz CT molecular complexity index is 932. The van der Waals surface area contributed by atoms with E-state index in [-0.39, 0.29) is 22.3 Å². The van der Waals surface area contributed by atoms with Gasteiger partial charge in [-0.1, -0.05) is 25.1 Å². The number of ether oxygens (including phenoxy) is 1. The predicted octanol–water partition coefficient (Wildman–Crippen LogP) is 3.86. The summed E-state index contributed by atoms with van der Waals surface area (Å²) in [7, 11) is -3.66.